The molecule has 0 unspecified atom stereocenters. The fourth-order valence-corrected chi connectivity index (χ4v) is 3.34. The molecule has 0 bridgehead atoms. The number of esters is 1. The summed E-state index contributed by atoms with van der Waals surface area (Å²) in [5.74, 6) is 0.142. The molecular formula is C26H39NO3. The average Bonchev–Trinajstić information content (AvgIpc) is 2.70. The van der Waals surface area contributed by atoms with E-state index in [2.05, 4.69) is 39.5 Å². The third-order valence-corrected chi connectivity index (χ3v) is 4.92. The van der Waals surface area contributed by atoms with Crippen LogP contribution in [-0.4, -0.2) is 34.6 Å². The van der Waals surface area contributed by atoms with Crippen molar-refractivity contribution in [2.24, 2.45) is 5.92 Å². The number of hydrogen-bond donors (Lipinski definition) is 1. The Balaban J connectivity index is 0.000000424. The minimum atomic E-state index is -0.249. The first-order valence-electron chi connectivity index (χ1n) is 10.9. The molecule has 2 aromatic rings. The highest BCUT2D eigenvalue weighted by atomic mass is 16.5. The van der Waals surface area contributed by atoms with Gasteiger partial charge in [-0.25, -0.2) is 0 Å². The Morgan fingerprint density at radius 1 is 0.933 bits per heavy atom. The molecule has 0 spiro atoms. The summed E-state index contributed by atoms with van der Waals surface area (Å²) in [4.78, 5) is 14.3. The first kappa shape index (κ1) is 25.9. The van der Waals surface area contributed by atoms with Crippen LogP contribution in [0.25, 0.3) is 0 Å². The van der Waals surface area contributed by atoms with E-state index in [4.69, 9.17) is 4.74 Å². The van der Waals surface area contributed by atoms with Gasteiger partial charge in [0, 0.05) is 18.5 Å². The number of rotatable bonds is 8. The van der Waals surface area contributed by atoms with Crippen LogP contribution in [0.1, 0.15) is 65.2 Å². The van der Waals surface area contributed by atoms with Gasteiger partial charge in [0.25, 0.3) is 0 Å². The van der Waals surface area contributed by atoms with Gasteiger partial charge < -0.3 is 9.84 Å². The Morgan fingerprint density at radius 3 is 1.97 bits per heavy atom. The van der Waals surface area contributed by atoms with Crippen molar-refractivity contribution in [3.05, 3.63) is 65.2 Å². The fourth-order valence-electron chi connectivity index (χ4n) is 3.34. The smallest absolute Gasteiger partial charge is 0.313 e. The molecule has 2 aromatic carbocycles. The third kappa shape index (κ3) is 8.68. The van der Waals surface area contributed by atoms with E-state index in [0.29, 0.717) is 24.3 Å². The van der Waals surface area contributed by atoms with E-state index in [9.17, 15) is 9.90 Å². The first-order valence-corrected chi connectivity index (χ1v) is 10.9. The summed E-state index contributed by atoms with van der Waals surface area (Å²) in [5, 5.41) is 9.28. The average molecular weight is 414 g/mol. The molecule has 0 fully saturated rings. The summed E-state index contributed by atoms with van der Waals surface area (Å²) in [6, 6.07) is 16.8. The predicted molar refractivity (Wildman–Crippen MR) is 125 cm³/mol. The molecule has 166 valence electrons. The van der Waals surface area contributed by atoms with Gasteiger partial charge in [-0.1, -0.05) is 57.2 Å². The summed E-state index contributed by atoms with van der Waals surface area (Å²) in [6.07, 6.45) is 0.662. The number of carbonyl (C=O) groups excluding carboxylic acids is 1. The van der Waals surface area contributed by atoms with E-state index in [0.717, 1.165) is 23.2 Å². The van der Waals surface area contributed by atoms with Gasteiger partial charge in [0.2, 0.25) is 0 Å². The lowest BCUT2D eigenvalue weighted by Crippen LogP contribution is -2.36. The normalized spacial score (nSPS) is 11.1. The minimum absolute atomic E-state index is 0.0276. The Hall–Kier alpha value is -2.17. The van der Waals surface area contributed by atoms with Crippen LogP contribution in [-0.2, 0) is 17.8 Å². The summed E-state index contributed by atoms with van der Waals surface area (Å²) < 4.78 is 5.46. The number of hydrogen-bond acceptors (Lipinski definition) is 4. The summed E-state index contributed by atoms with van der Waals surface area (Å²) in [6.45, 7) is 15.9. The van der Waals surface area contributed by atoms with Gasteiger partial charge in [0.1, 0.15) is 5.75 Å². The number of ether oxygens (including phenoxy) is 1. The van der Waals surface area contributed by atoms with E-state index >= 15 is 0 Å². The Kier molecular flexibility index (Phi) is 11.4. The first-order chi connectivity index (χ1) is 14.2. The summed E-state index contributed by atoms with van der Waals surface area (Å²) in [7, 11) is 0. The van der Waals surface area contributed by atoms with Crippen molar-refractivity contribution in [1.29, 1.82) is 0 Å². The van der Waals surface area contributed by atoms with Gasteiger partial charge in [0.15, 0.2) is 0 Å². The minimum Gasteiger partial charge on any atom is -0.426 e. The Bertz CT molecular complexity index is 746. The third-order valence-electron chi connectivity index (χ3n) is 4.92. The zero-order valence-corrected chi connectivity index (χ0v) is 19.7. The maximum Gasteiger partial charge on any atom is 0.313 e. The van der Waals surface area contributed by atoms with Gasteiger partial charge in [-0.05, 0) is 63.1 Å². The second-order valence-corrected chi connectivity index (χ2v) is 8.36. The molecule has 0 saturated heterocycles. The molecule has 0 aliphatic carbocycles. The van der Waals surface area contributed by atoms with E-state index in [1.165, 1.54) is 0 Å². The highest BCUT2D eigenvalue weighted by Gasteiger charge is 2.14. The van der Waals surface area contributed by atoms with Crippen LogP contribution in [0.5, 0.6) is 5.75 Å². The highest BCUT2D eigenvalue weighted by Crippen LogP contribution is 2.24. The predicted octanol–water partition coefficient (Wildman–Crippen LogP) is 5.46. The molecule has 0 aliphatic heterocycles. The van der Waals surface area contributed by atoms with Gasteiger partial charge in [0.05, 0.1) is 12.5 Å². The quantitative estimate of drug-likeness (QED) is 0.461. The molecule has 0 heterocycles. The van der Waals surface area contributed by atoms with Crippen molar-refractivity contribution in [3.63, 3.8) is 0 Å². The van der Waals surface area contributed by atoms with Gasteiger partial charge in [-0.3, -0.25) is 9.69 Å². The summed E-state index contributed by atoms with van der Waals surface area (Å²) >= 11 is 0. The van der Waals surface area contributed by atoms with Crippen molar-refractivity contribution >= 4 is 5.97 Å². The lowest BCUT2D eigenvalue weighted by atomic mass is 10.0. The molecule has 0 amide bonds. The van der Waals surface area contributed by atoms with Crippen molar-refractivity contribution in [2.75, 3.05) is 6.54 Å². The van der Waals surface area contributed by atoms with Crippen LogP contribution in [0.15, 0.2) is 48.5 Å². The highest BCUT2D eigenvalue weighted by molar-refractivity contribution is 5.74. The standard InChI is InChI=1S/C18H20O3.C8H19N/c1-13(2)18(20)21-17-9-8-15(12-19)11-16(17)10-14-6-4-3-5-7-14;1-6-9(7(2)3)8(4)5/h3-9,11,13,19H,10,12H2,1-2H3;7-8H,6H2,1-5H3. The largest absolute Gasteiger partial charge is 0.426 e. The number of nitrogens with zero attached hydrogens (tertiary/aromatic N) is 1. The van der Waals surface area contributed by atoms with Crippen LogP contribution < -0.4 is 4.74 Å². The zero-order valence-electron chi connectivity index (χ0n) is 19.7. The van der Waals surface area contributed by atoms with Gasteiger partial charge >= 0.3 is 5.97 Å². The lowest BCUT2D eigenvalue weighted by molar-refractivity contribution is -0.137. The van der Waals surface area contributed by atoms with Crippen LogP contribution in [0.4, 0.5) is 0 Å². The van der Waals surface area contributed by atoms with Crippen molar-refractivity contribution in [2.45, 2.75) is 73.6 Å². The van der Waals surface area contributed by atoms with Crippen molar-refractivity contribution in [3.8, 4) is 5.75 Å². The fraction of sp³-hybridized carbons (Fsp3) is 0.500. The summed E-state index contributed by atoms with van der Waals surface area (Å²) in [5.41, 5.74) is 2.85. The Morgan fingerprint density at radius 2 is 1.53 bits per heavy atom. The number of aliphatic hydroxyl groups excluding tert-OH is 1. The van der Waals surface area contributed by atoms with Crippen molar-refractivity contribution < 1.29 is 14.6 Å². The molecule has 0 radical (unpaired) electrons. The molecule has 2 rings (SSSR count). The van der Waals surface area contributed by atoms with E-state index in [1.807, 2.05) is 36.4 Å². The van der Waals surface area contributed by atoms with E-state index in [1.54, 1.807) is 26.0 Å². The van der Waals surface area contributed by atoms with Crippen LogP contribution in [0.3, 0.4) is 0 Å². The number of aliphatic hydroxyl groups is 1. The van der Waals surface area contributed by atoms with Crippen LogP contribution in [0, 0.1) is 5.92 Å². The topological polar surface area (TPSA) is 49.8 Å². The molecule has 0 aliphatic rings. The molecule has 1 N–H and O–H groups in total. The van der Waals surface area contributed by atoms with Gasteiger partial charge in [-0.15, -0.1) is 0 Å². The van der Waals surface area contributed by atoms with E-state index in [-0.39, 0.29) is 18.5 Å². The molecule has 0 atom stereocenters. The van der Waals surface area contributed by atoms with Gasteiger partial charge in [-0.2, -0.15) is 0 Å². The van der Waals surface area contributed by atoms with E-state index < -0.39 is 0 Å². The maximum absolute atomic E-state index is 11.8. The Labute approximate surface area is 182 Å². The lowest BCUT2D eigenvalue weighted by Gasteiger charge is -2.28. The molecule has 4 nitrogen and oxygen atoms in total. The molecule has 4 heteroatoms. The molecular weight excluding hydrogens is 374 g/mol. The van der Waals surface area contributed by atoms with Crippen molar-refractivity contribution in [1.82, 2.24) is 4.90 Å². The number of carbonyl (C=O) groups is 1. The monoisotopic (exact) mass is 413 g/mol. The molecule has 0 aromatic heterocycles. The second-order valence-electron chi connectivity index (χ2n) is 8.36. The zero-order chi connectivity index (χ0) is 22.7. The molecule has 0 saturated carbocycles. The van der Waals surface area contributed by atoms with Crippen LogP contribution in [0.2, 0.25) is 0 Å². The number of benzene rings is 2. The van der Waals surface area contributed by atoms with Crippen LogP contribution >= 0.6 is 0 Å². The SMILES string of the molecule is CC(C)C(=O)Oc1ccc(CO)cc1Cc1ccccc1.CCN(C(C)C)C(C)C. The maximum atomic E-state index is 11.8. The molecule has 30 heavy (non-hydrogen) atoms. The second kappa shape index (κ2) is 13.2.